The Kier molecular flexibility index (Phi) is 4.99. The summed E-state index contributed by atoms with van der Waals surface area (Å²) in [6.07, 6.45) is 0.151. The summed E-state index contributed by atoms with van der Waals surface area (Å²) in [7, 11) is 0. The number of anilines is 1. The molecule has 128 valence electrons. The van der Waals surface area contributed by atoms with Crippen molar-refractivity contribution in [1.82, 2.24) is 5.32 Å². The van der Waals surface area contributed by atoms with Gasteiger partial charge in [0.2, 0.25) is 5.91 Å². The quantitative estimate of drug-likeness (QED) is 0.724. The molecule has 0 unspecified atom stereocenters. The summed E-state index contributed by atoms with van der Waals surface area (Å²) in [6.45, 7) is 0.506. The standard InChI is InChI=1S/C19H19N3O3/c20-19(24)21-11-10-18(23)22(15-7-2-1-3-8-15)13-16-12-14-6-4-5-9-17(14)25-16/h1-9,12H,10-11,13H2,(H3,20,21,24). The average Bonchev–Trinajstić information content (AvgIpc) is 3.02. The molecule has 0 bridgehead atoms. The number of rotatable bonds is 6. The van der Waals surface area contributed by atoms with E-state index in [0.29, 0.717) is 12.3 Å². The summed E-state index contributed by atoms with van der Waals surface area (Å²) in [4.78, 5) is 25.1. The maximum atomic E-state index is 12.6. The van der Waals surface area contributed by atoms with Crippen LogP contribution in [0.25, 0.3) is 11.0 Å². The van der Waals surface area contributed by atoms with Crippen molar-refractivity contribution in [3.63, 3.8) is 0 Å². The molecule has 3 rings (SSSR count). The number of amides is 3. The Bertz CT molecular complexity index is 841. The third kappa shape index (κ3) is 4.17. The van der Waals surface area contributed by atoms with Crippen LogP contribution in [0.4, 0.5) is 10.5 Å². The molecular formula is C19H19N3O3. The Labute approximate surface area is 145 Å². The van der Waals surface area contributed by atoms with Crippen molar-refractivity contribution in [2.45, 2.75) is 13.0 Å². The molecule has 3 N–H and O–H groups in total. The first-order valence-electron chi connectivity index (χ1n) is 7.99. The van der Waals surface area contributed by atoms with Crippen LogP contribution in [0.2, 0.25) is 0 Å². The van der Waals surface area contributed by atoms with E-state index in [0.717, 1.165) is 16.7 Å². The minimum Gasteiger partial charge on any atom is -0.459 e. The van der Waals surface area contributed by atoms with Crippen LogP contribution in [-0.4, -0.2) is 18.5 Å². The zero-order valence-electron chi connectivity index (χ0n) is 13.6. The third-order valence-electron chi connectivity index (χ3n) is 3.80. The number of nitrogens with two attached hydrogens (primary N) is 1. The van der Waals surface area contributed by atoms with E-state index < -0.39 is 6.03 Å². The number of para-hydroxylation sites is 2. The highest BCUT2D eigenvalue weighted by molar-refractivity contribution is 5.93. The predicted molar refractivity (Wildman–Crippen MR) is 96.0 cm³/mol. The molecule has 0 spiro atoms. The SMILES string of the molecule is NC(=O)NCCC(=O)N(Cc1cc2ccccc2o1)c1ccccc1. The Morgan fingerprint density at radius 1 is 1.04 bits per heavy atom. The molecule has 0 aliphatic rings. The normalized spacial score (nSPS) is 10.6. The van der Waals surface area contributed by atoms with Gasteiger partial charge >= 0.3 is 6.03 Å². The number of nitrogens with zero attached hydrogens (tertiary/aromatic N) is 1. The topological polar surface area (TPSA) is 88.6 Å². The van der Waals surface area contributed by atoms with Gasteiger partial charge < -0.3 is 20.4 Å². The van der Waals surface area contributed by atoms with E-state index in [1.54, 1.807) is 4.90 Å². The number of furan rings is 1. The molecule has 2 aromatic carbocycles. The van der Waals surface area contributed by atoms with Gasteiger partial charge in [0, 0.05) is 24.0 Å². The van der Waals surface area contributed by atoms with Crippen molar-refractivity contribution in [3.05, 3.63) is 66.4 Å². The molecule has 6 nitrogen and oxygen atoms in total. The molecule has 25 heavy (non-hydrogen) atoms. The van der Waals surface area contributed by atoms with E-state index in [1.165, 1.54) is 0 Å². The zero-order valence-corrected chi connectivity index (χ0v) is 13.6. The van der Waals surface area contributed by atoms with E-state index in [-0.39, 0.29) is 18.9 Å². The van der Waals surface area contributed by atoms with Gasteiger partial charge in [-0.3, -0.25) is 4.79 Å². The van der Waals surface area contributed by atoms with Crippen LogP contribution in [0.1, 0.15) is 12.2 Å². The van der Waals surface area contributed by atoms with Gasteiger partial charge in [0.05, 0.1) is 6.54 Å². The lowest BCUT2D eigenvalue weighted by Gasteiger charge is -2.22. The molecule has 0 aliphatic carbocycles. The Morgan fingerprint density at radius 3 is 2.48 bits per heavy atom. The fourth-order valence-electron chi connectivity index (χ4n) is 2.63. The minimum atomic E-state index is -0.642. The van der Waals surface area contributed by atoms with Crippen molar-refractivity contribution in [2.75, 3.05) is 11.4 Å². The lowest BCUT2D eigenvalue weighted by molar-refractivity contribution is -0.118. The second kappa shape index (κ2) is 7.53. The largest absolute Gasteiger partial charge is 0.459 e. The minimum absolute atomic E-state index is 0.125. The summed E-state index contributed by atoms with van der Waals surface area (Å²) in [6, 6.07) is 18.4. The first-order chi connectivity index (χ1) is 12.1. The van der Waals surface area contributed by atoms with Crippen LogP contribution < -0.4 is 16.0 Å². The monoisotopic (exact) mass is 337 g/mol. The van der Waals surface area contributed by atoms with Crippen molar-refractivity contribution in [2.24, 2.45) is 5.73 Å². The van der Waals surface area contributed by atoms with Gasteiger partial charge in [-0.15, -0.1) is 0 Å². The summed E-state index contributed by atoms with van der Waals surface area (Å²) >= 11 is 0. The Morgan fingerprint density at radius 2 is 1.76 bits per heavy atom. The van der Waals surface area contributed by atoms with Crippen LogP contribution in [-0.2, 0) is 11.3 Å². The number of primary amides is 1. The van der Waals surface area contributed by atoms with Gasteiger partial charge in [0.1, 0.15) is 11.3 Å². The molecule has 3 aromatic rings. The highest BCUT2D eigenvalue weighted by atomic mass is 16.3. The molecule has 1 aromatic heterocycles. The predicted octanol–water partition coefficient (Wildman–Crippen LogP) is 3.02. The number of carbonyl (C=O) groups is 2. The van der Waals surface area contributed by atoms with Crippen LogP contribution in [0, 0.1) is 0 Å². The van der Waals surface area contributed by atoms with Crippen molar-refractivity contribution >= 4 is 28.6 Å². The molecule has 0 aliphatic heterocycles. The Hall–Kier alpha value is -3.28. The smallest absolute Gasteiger partial charge is 0.312 e. The summed E-state index contributed by atoms with van der Waals surface area (Å²) in [5, 5.41) is 3.43. The van der Waals surface area contributed by atoms with Crippen LogP contribution in [0.15, 0.2) is 65.1 Å². The first kappa shape index (κ1) is 16.6. The lowest BCUT2D eigenvalue weighted by Crippen LogP contribution is -2.36. The Balaban J connectivity index is 1.80. The number of urea groups is 1. The summed E-state index contributed by atoms with van der Waals surface area (Å²) in [5.41, 5.74) is 6.60. The van der Waals surface area contributed by atoms with Crippen LogP contribution in [0.3, 0.4) is 0 Å². The molecule has 0 saturated carbocycles. The molecule has 0 saturated heterocycles. The van der Waals surface area contributed by atoms with Gasteiger partial charge in [0.15, 0.2) is 0 Å². The van der Waals surface area contributed by atoms with Gasteiger partial charge in [-0.1, -0.05) is 36.4 Å². The molecule has 1 heterocycles. The van der Waals surface area contributed by atoms with Crippen molar-refractivity contribution in [1.29, 1.82) is 0 Å². The number of benzene rings is 2. The molecule has 0 radical (unpaired) electrons. The maximum absolute atomic E-state index is 12.6. The van der Waals surface area contributed by atoms with Crippen molar-refractivity contribution in [3.8, 4) is 0 Å². The van der Waals surface area contributed by atoms with Gasteiger partial charge in [-0.25, -0.2) is 4.79 Å². The number of hydrogen-bond donors (Lipinski definition) is 2. The third-order valence-corrected chi connectivity index (χ3v) is 3.80. The lowest BCUT2D eigenvalue weighted by atomic mass is 10.2. The highest BCUT2D eigenvalue weighted by Gasteiger charge is 2.18. The first-order valence-corrected chi connectivity index (χ1v) is 7.99. The summed E-state index contributed by atoms with van der Waals surface area (Å²) < 4.78 is 5.83. The van der Waals surface area contributed by atoms with E-state index in [4.69, 9.17) is 10.2 Å². The number of nitrogens with one attached hydrogen (secondary N) is 1. The average molecular weight is 337 g/mol. The van der Waals surface area contributed by atoms with Gasteiger partial charge in [-0.05, 0) is 24.3 Å². The van der Waals surface area contributed by atoms with Crippen molar-refractivity contribution < 1.29 is 14.0 Å². The molecule has 0 fully saturated rings. The second-order valence-corrected chi connectivity index (χ2v) is 5.61. The zero-order chi connectivity index (χ0) is 17.6. The summed E-state index contributed by atoms with van der Waals surface area (Å²) in [5.74, 6) is 0.571. The van der Waals surface area contributed by atoms with E-state index in [1.807, 2.05) is 60.7 Å². The van der Waals surface area contributed by atoms with Gasteiger partial charge in [-0.2, -0.15) is 0 Å². The molecular weight excluding hydrogens is 318 g/mol. The number of carbonyl (C=O) groups excluding carboxylic acids is 2. The van der Waals surface area contributed by atoms with Crippen LogP contribution in [0.5, 0.6) is 0 Å². The van der Waals surface area contributed by atoms with E-state index in [2.05, 4.69) is 5.32 Å². The molecule has 3 amide bonds. The number of hydrogen-bond acceptors (Lipinski definition) is 3. The fourth-order valence-corrected chi connectivity index (χ4v) is 2.63. The number of fused-ring (bicyclic) bond motifs is 1. The van der Waals surface area contributed by atoms with Crippen LogP contribution >= 0.6 is 0 Å². The highest BCUT2D eigenvalue weighted by Crippen LogP contribution is 2.23. The maximum Gasteiger partial charge on any atom is 0.312 e. The fraction of sp³-hybridized carbons (Fsp3) is 0.158. The molecule has 6 heteroatoms. The second-order valence-electron chi connectivity index (χ2n) is 5.61. The molecule has 0 atom stereocenters. The van der Waals surface area contributed by atoms with Gasteiger partial charge in [0.25, 0.3) is 0 Å². The van der Waals surface area contributed by atoms with E-state index in [9.17, 15) is 9.59 Å². The van der Waals surface area contributed by atoms with E-state index >= 15 is 0 Å².